The van der Waals surface area contributed by atoms with Gasteiger partial charge in [0.05, 0.1) is 12.3 Å². The number of nitrogens with zero attached hydrogens (tertiary/aromatic N) is 2. The average molecular weight is 287 g/mol. The van der Waals surface area contributed by atoms with Crippen molar-refractivity contribution in [1.29, 1.82) is 0 Å². The summed E-state index contributed by atoms with van der Waals surface area (Å²) >= 11 is 1.83. The standard InChI is InChI=1S/C15H17N3OS/c1-2-7-19-11-5-3-10(4-6-11)15-17-13-9-20-8-12(13)14(16)18-15/h3-6H,2,7-9H2,1H3,(H2,16,17,18). The first-order chi connectivity index (χ1) is 9.78. The zero-order valence-corrected chi connectivity index (χ0v) is 12.2. The molecule has 3 rings (SSSR count). The predicted octanol–water partition coefficient (Wildman–Crippen LogP) is 3.26. The lowest BCUT2D eigenvalue weighted by Gasteiger charge is -2.08. The Morgan fingerprint density at radius 3 is 2.75 bits per heavy atom. The van der Waals surface area contributed by atoms with Crippen molar-refractivity contribution in [3.05, 3.63) is 35.5 Å². The quantitative estimate of drug-likeness (QED) is 0.935. The number of thioether (sulfide) groups is 1. The number of anilines is 1. The zero-order valence-electron chi connectivity index (χ0n) is 11.4. The van der Waals surface area contributed by atoms with Gasteiger partial charge in [-0.1, -0.05) is 6.92 Å². The Morgan fingerprint density at radius 1 is 1.20 bits per heavy atom. The third-order valence-electron chi connectivity index (χ3n) is 3.20. The molecule has 104 valence electrons. The second kappa shape index (κ2) is 5.71. The molecule has 0 atom stereocenters. The van der Waals surface area contributed by atoms with Crippen LogP contribution in [0.2, 0.25) is 0 Å². The van der Waals surface area contributed by atoms with Crippen LogP contribution in [0, 0.1) is 0 Å². The third kappa shape index (κ3) is 2.58. The summed E-state index contributed by atoms with van der Waals surface area (Å²) in [4.78, 5) is 9.04. The van der Waals surface area contributed by atoms with Gasteiger partial charge in [-0.05, 0) is 30.7 Å². The molecule has 0 bridgehead atoms. The molecule has 0 aliphatic carbocycles. The number of fused-ring (bicyclic) bond motifs is 1. The summed E-state index contributed by atoms with van der Waals surface area (Å²) in [5, 5.41) is 0. The van der Waals surface area contributed by atoms with Gasteiger partial charge in [-0.25, -0.2) is 9.97 Å². The first kappa shape index (κ1) is 13.2. The normalized spacial score (nSPS) is 13.2. The molecule has 0 amide bonds. The largest absolute Gasteiger partial charge is 0.494 e. The molecule has 1 aromatic carbocycles. The number of aromatic nitrogens is 2. The summed E-state index contributed by atoms with van der Waals surface area (Å²) in [6.45, 7) is 2.83. The van der Waals surface area contributed by atoms with Gasteiger partial charge >= 0.3 is 0 Å². The molecular formula is C15H17N3OS. The van der Waals surface area contributed by atoms with Crippen molar-refractivity contribution >= 4 is 17.6 Å². The Balaban J connectivity index is 1.87. The third-order valence-corrected chi connectivity index (χ3v) is 4.17. The van der Waals surface area contributed by atoms with Crippen LogP contribution in [0.4, 0.5) is 5.82 Å². The SMILES string of the molecule is CCCOc1ccc(-c2nc(N)c3c(n2)CSC3)cc1. The van der Waals surface area contributed by atoms with Crippen LogP contribution in [0.5, 0.6) is 5.75 Å². The molecule has 0 saturated heterocycles. The number of hydrogen-bond acceptors (Lipinski definition) is 5. The van der Waals surface area contributed by atoms with E-state index in [1.165, 1.54) is 0 Å². The predicted molar refractivity (Wildman–Crippen MR) is 82.7 cm³/mol. The smallest absolute Gasteiger partial charge is 0.161 e. The minimum absolute atomic E-state index is 0.612. The van der Waals surface area contributed by atoms with Crippen LogP contribution in [0.15, 0.2) is 24.3 Å². The monoisotopic (exact) mass is 287 g/mol. The highest BCUT2D eigenvalue weighted by molar-refractivity contribution is 7.98. The van der Waals surface area contributed by atoms with Crippen LogP contribution >= 0.6 is 11.8 Å². The van der Waals surface area contributed by atoms with E-state index < -0.39 is 0 Å². The first-order valence-corrected chi connectivity index (χ1v) is 7.89. The summed E-state index contributed by atoms with van der Waals surface area (Å²) in [5.74, 6) is 4.03. The lowest BCUT2D eigenvalue weighted by atomic mass is 10.2. The second-order valence-corrected chi connectivity index (χ2v) is 5.71. The Morgan fingerprint density at radius 2 is 2.00 bits per heavy atom. The molecular weight excluding hydrogens is 270 g/mol. The molecule has 2 heterocycles. The van der Waals surface area contributed by atoms with Crippen molar-refractivity contribution in [2.45, 2.75) is 24.9 Å². The van der Waals surface area contributed by atoms with Crippen molar-refractivity contribution in [1.82, 2.24) is 9.97 Å². The maximum atomic E-state index is 6.02. The maximum absolute atomic E-state index is 6.02. The van der Waals surface area contributed by atoms with Crippen molar-refractivity contribution < 1.29 is 4.74 Å². The molecule has 0 fully saturated rings. The summed E-state index contributed by atoms with van der Waals surface area (Å²) in [6.07, 6.45) is 1.00. The molecule has 0 spiro atoms. The fraction of sp³-hybridized carbons (Fsp3) is 0.333. The van der Waals surface area contributed by atoms with E-state index in [2.05, 4.69) is 16.9 Å². The topological polar surface area (TPSA) is 61.0 Å². The van der Waals surface area contributed by atoms with Crippen LogP contribution < -0.4 is 10.5 Å². The maximum Gasteiger partial charge on any atom is 0.161 e. The zero-order chi connectivity index (χ0) is 13.9. The van der Waals surface area contributed by atoms with E-state index in [4.69, 9.17) is 10.5 Å². The Labute approximate surface area is 122 Å². The van der Waals surface area contributed by atoms with Crippen LogP contribution in [-0.2, 0) is 11.5 Å². The lowest BCUT2D eigenvalue weighted by Crippen LogP contribution is -2.02. The molecule has 4 nitrogen and oxygen atoms in total. The van der Waals surface area contributed by atoms with Gasteiger partial charge in [0, 0.05) is 22.6 Å². The highest BCUT2D eigenvalue weighted by Crippen LogP contribution is 2.33. The minimum atomic E-state index is 0.612. The van der Waals surface area contributed by atoms with Crippen molar-refractivity contribution in [2.24, 2.45) is 0 Å². The number of nitrogens with two attached hydrogens (primary N) is 1. The molecule has 0 saturated carbocycles. The Hall–Kier alpha value is -1.75. The molecule has 0 radical (unpaired) electrons. The molecule has 1 aliphatic rings. The van der Waals surface area contributed by atoms with Gasteiger partial charge in [0.25, 0.3) is 0 Å². The molecule has 2 N–H and O–H groups in total. The van der Waals surface area contributed by atoms with Crippen LogP contribution in [0.1, 0.15) is 24.6 Å². The highest BCUT2D eigenvalue weighted by atomic mass is 32.2. The first-order valence-electron chi connectivity index (χ1n) is 6.74. The van der Waals surface area contributed by atoms with Gasteiger partial charge in [-0.3, -0.25) is 0 Å². The van der Waals surface area contributed by atoms with Crippen LogP contribution in [-0.4, -0.2) is 16.6 Å². The summed E-state index contributed by atoms with van der Waals surface area (Å²) < 4.78 is 5.57. The van der Waals surface area contributed by atoms with Gasteiger partial charge < -0.3 is 10.5 Å². The minimum Gasteiger partial charge on any atom is -0.494 e. The highest BCUT2D eigenvalue weighted by Gasteiger charge is 2.18. The Kier molecular flexibility index (Phi) is 3.78. The lowest BCUT2D eigenvalue weighted by molar-refractivity contribution is 0.317. The fourth-order valence-corrected chi connectivity index (χ4v) is 3.18. The van der Waals surface area contributed by atoms with Gasteiger partial charge in [-0.2, -0.15) is 11.8 Å². The second-order valence-electron chi connectivity index (χ2n) is 4.72. The number of hydrogen-bond donors (Lipinski definition) is 1. The van der Waals surface area contributed by atoms with E-state index in [9.17, 15) is 0 Å². The fourth-order valence-electron chi connectivity index (χ4n) is 2.13. The molecule has 2 aromatic rings. The van der Waals surface area contributed by atoms with E-state index >= 15 is 0 Å². The van der Waals surface area contributed by atoms with Crippen LogP contribution in [0.3, 0.4) is 0 Å². The van der Waals surface area contributed by atoms with Gasteiger partial charge in [0.1, 0.15) is 11.6 Å². The molecule has 5 heteroatoms. The van der Waals surface area contributed by atoms with Gasteiger partial charge in [0.15, 0.2) is 5.82 Å². The summed E-state index contributed by atoms with van der Waals surface area (Å²) in [5.41, 5.74) is 9.16. The van der Waals surface area contributed by atoms with E-state index in [-0.39, 0.29) is 0 Å². The average Bonchev–Trinajstić information content (AvgIpc) is 2.94. The van der Waals surface area contributed by atoms with Crippen LogP contribution in [0.25, 0.3) is 11.4 Å². The number of benzene rings is 1. The van der Waals surface area contributed by atoms with Crippen molar-refractivity contribution in [2.75, 3.05) is 12.3 Å². The van der Waals surface area contributed by atoms with Crippen molar-refractivity contribution in [3.8, 4) is 17.1 Å². The molecule has 20 heavy (non-hydrogen) atoms. The number of rotatable bonds is 4. The van der Waals surface area contributed by atoms with E-state index in [0.717, 1.165) is 47.1 Å². The van der Waals surface area contributed by atoms with E-state index in [0.29, 0.717) is 11.6 Å². The molecule has 0 unspecified atom stereocenters. The summed E-state index contributed by atoms with van der Waals surface area (Å²) in [6, 6.07) is 7.86. The van der Waals surface area contributed by atoms with E-state index in [1.54, 1.807) is 0 Å². The van der Waals surface area contributed by atoms with E-state index in [1.807, 2.05) is 36.0 Å². The van der Waals surface area contributed by atoms with Crippen molar-refractivity contribution in [3.63, 3.8) is 0 Å². The van der Waals surface area contributed by atoms with Gasteiger partial charge in [-0.15, -0.1) is 0 Å². The number of ether oxygens (including phenoxy) is 1. The van der Waals surface area contributed by atoms with Gasteiger partial charge in [0.2, 0.25) is 0 Å². The Bertz CT molecular complexity index is 613. The molecule has 1 aliphatic heterocycles. The molecule has 1 aromatic heterocycles. The summed E-state index contributed by atoms with van der Waals surface area (Å²) in [7, 11) is 0. The number of nitrogen functional groups attached to an aromatic ring is 1.